The van der Waals surface area contributed by atoms with Gasteiger partial charge in [-0.05, 0) is 43.9 Å². The number of rotatable bonds is 8. The lowest BCUT2D eigenvalue weighted by Crippen LogP contribution is -2.51. The number of benzene rings is 1. The lowest BCUT2D eigenvalue weighted by atomic mass is 10.2. The number of quaternary nitrogens is 1. The van der Waals surface area contributed by atoms with E-state index in [9.17, 15) is 13.2 Å². The highest BCUT2D eigenvalue weighted by Gasteiger charge is 2.33. The monoisotopic (exact) mass is 416 g/mol. The second-order valence-electron chi connectivity index (χ2n) is 7.65. The molecule has 1 aromatic rings. The van der Waals surface area contributed by atoms with Gasteiger partial charge in [0.05, 0.1) is 35.7 Å². The summed E-state index contributed by atoms with van der Waals surface area (Å²) in [5.74, 6) is -0.161. The lowest BCUT2D eigenvalue weighted by Gasteiger charge is -2.35. The molecule has 0 bridgehead atoms. The van der Waals surface area contributed by atoms with Crippen molar-refractivity contribution in [3.05, 3.63) is 23.2 Å². The smallest absolute Gasteiger partial charge is 0.279 e. The van der Waals surface area contributed by atoms with Crippen LogP contribution in [0.4, 0.5) is 5.69 Å². The van der Waals surface area contributed by atoms with Crippen LogP contribution in [-0.4, -0.2) is 62.9 Å². The molecule has 0 saturated heterocycles. The van der Waals surface area contributed by atoms with Crippen molar-refractivity contribution in [3.63, 3.8) is 0 Å². The van der Waals surface area contributed by atoms with Crippen LogP contribution in [0.2, 0.25) is 5.02 Å². The molecule has 1 aliphatic carbocycles. The Morgan fingerprint density at radius 1 is 1.22 bits per heavy atom. The summed E-state index contributed by atoms with van der Waals surface area (Å²) in [7, 11) is 0.531. The number of hydrogen-bond acceptors (Lipinski definition) is 3. The van der Waals surface area contributed by atoms with Crippen molar-refractivity contribution in [2.24, 2.45) is 0 Å². The Balaban J connectivity index is 2.17. The zero-order valence-electron chi connectivity index (χ0n) is 16.7. The molecule has 152 valence electrons. The second kappa shape index (κ2) is 8.90. The van der Waals surface area contributed by atoms with Crippen LogP contribution in [0.3, 0.4) is 0 Å². The van der Waals surface area contributed by atoms with Gasteiger partial charge in [-0.15, -0.1) is 0 Å². The minimum absolute atomic E-state index is 0.135. The topological polar surface area (TPSA) is 66.5 Å². The number of sulfonamides is 1. The largest absolute Gasteiger partial charge is 0.320 e. The van der Waals surface area contributed by atoms with Gasteiger partial charge in [0.2, 0.25) is 10.0 Å². The molecule has 1 saturated carbocycles. The van der Waals surface area contributed by atoms with Crippen LogP contribution in [-0.2, 0) is 14.8 Å². The number of nitrogens with one attached hydrogen (secondary N) is 1. The standard InChI is InChI=1S/C19H30ClN3O3S/c1-5-22(6-2)27(25,26)16-11-12-17(20)18(13-16)21-19(24)14-23(3,4)15-9-7-8-10-15/h11-13,15H,5-10,14H2,1-4H3/p+1. The molecule has 0 spiro atoms. The van der Waals surface area contributed by atoms with E-state index in [0.29, 0.717) is 40.9 Å². The molecule has 0 atom stereocenters. The third kappa shape index (κ3) is 5.22. The van der Waals surface area contributed by atoms with E-state index in [1.54, 1.807) is 13.8 Å². The number of likely N-dealkylation sites (N-methyl/N-ethyl adjacent to an activating group) is 1. The molecule has 2 rings (SSSR count). The molecule has 1 N–H and O–H groups in total. The van der Waals surface area contributed by atoms with Gasteiger partial charge in [-0.1, -0.05) is 25.4 Å². The summed E-state index contributed by atoms with van der Waals surface area (Å²) < 4.78 is 27.4. The Labute approximate surface area is 168 Å². The first-order chi connectivity index (χ1) is 12.6. The number of carbonyl (C=O) groups is 1. The van der Waals surface area contributed by atoms with Gasteiger partial charge in [-0.2, -0.15) is 4.31 Å². The normalized spacial score (nSPS) is 16.1. The lowest BCUT2D eigenvalue weighted by molar-refractivity contribution is -0.906. The van der Waals surface area contributed by atoms with Gasteiger partial charge in [0.15, 0.2) is 6.54 Å². The van der Waals surface area contributed by atoms with Gasteiger partial charge in [0.1, 0.15) is 0 Å². The number of hydrogen-bond donors (Lipinski definition) is 1. The third-order valence-electron chi connectivity index (χ3n) is 5.42. The van der Waals surface area contributed by atoms with Crippen molar-refractivity contribution in [3.8, 4) is 0 Å². The fourth-order valence-corrected chi connectivity index (χ4v) is 5.41. The molecule has 1 amide bonds. The van der Waals surface area contributed by atoms with E-state index >= 15 is 0 Å². The summed E-state index contributed by atoms with van der Waals surface area (Å²) in [4.78, 5) is 12.7. The van der Waals surface area contributed by atoms with Gasteiger partial charge in [-0.3, -0.25) is 4.79 Å². The van der Waals surface area contributed by atoms with Crippen molar-refractivity contribution in [2.45, 2.75) is 50.5 Å². The summed E-state index contributed by atoms with van der Waals surface area (Å²) >= 11 is 6.21. The highest BCUT2D eigenvalue weighted by atomic mass is 35.5. The van der Waals surface area contributed by atoms with Crippen molar-refractivity contribution >= 4 is 33.2 Å². The van der Waals surface area contributed by atoms with Crippen LogP contribution in [0.15, 0.2) is 23.1 Å². The van der Waals surface area contributed by atoms with Crippen molar-refractivity contribution < 1.29 is 17.7 Å². The molecule has 27 heavy (non-hydrogen) atoms. The highest BCUT2D eigenvalue weighted by molar-refractivity contribution is 7.89. The van der Waals surface area contributed by atoms with Gasteiger partial charge in [0.25, 0.3) is 5.91 Å². The first kappa shape index (κ1) is 22.1. The molecule has 0 aliphatic heterocycles. The van der Waals surface area contributed by atoms with E-state index in [4.69, 9.17) is 11.6 Å². The second-order valence-corrected chi connectivity index (χ2v) is 10.00. The third-order valence-corrected chi connectivity index (χ3v) is 7.79. The molecule has 6 nitrogen and oxygen atoms in total. The summed E-state index contributed by atoms with van der Waals surface area (Å²) in [6, 6.07) is 4.93. The number of anilines is 1. The molecule has 8 heteroatoms. The maximum Gasteiger partial charge on any atom is 0.279 e. The fraction of sp³-hybridized carbons (Fsp3) is 0.632. The Morgan fingerprint density at radius 3 is 2.37 bits per heavy atom. The van der Waals surface area contributed by atoms with Crippen molar-refractivity contribution in [1.82, 2.24) is 4.31 Å². The van der Waals surface area contributed by atoms with E-state index in [1.165, 1.54) is 35.3 Å². The van der Waals surface area contributed by atoms with Crippen LogP contribution < -0.4 is 5.32 Å². The molecule has 0 radical (unpaired) electrons. The van der Waals surface area contributed by atoms with E-state index < -0.39 is 10.0 Å². The average Bonchev–Trinajstić information content (AvgIpc) is 3.12. The zero-order chi connectivity index (χ0) is 20.2. The highest BCUT2D eigenvalue weighted by Crippen LogP contribution is 2.29. The van der Waals surface area contributed by atoms with Crippen LogP contribution in [0.25, 0.3) is 0 Å². The minimum Gasteiger partial charge on any atom is -0.320 e. The first-order valence-electron chi connectivity index (χ1n) is 9.54. The van der Waals surface area contributed by atoms with E-state index in [0.717, 1.165) is 12.8 Å². The van der Waals surface area contributed by atoms with Crippen LogP contribution in [0.1, 0.15) is 39.5 Å². The van der Waals surface area contributed by atoms with Gasteiger partial charge >= 0.3 is 0 Å². The Hall–Kier alpha value is -1.15. The Morgan fingerprint density at radius 2 is 1.81 bits per heavy atom. The molecule has 1 fully saturated rings. The predicted molar refractivity (Wildman–Crippen MR) is 109 cm³/mol. The summed E-state index contributed by atoms with van der Waals surface area (Å²) in [5.41, 5.74) is 0.335. The average molecular weight is 417 g/mol. The SMILES string of the molecule is CCN(CC)S(=O)(=O)c1ccc(Cl)c(NC(=O)C[N+](C)(C)C2CCCC2)c1. The van der Waals surface area contributed by atoms with Crippen LogP contribution in [0, 0.1) is 0 Å². The summed E-state index contributed by atoms with van der Waals surface area (Å²) in [6.45, 7) is 4.69. The number of amides is 1. The molecule has 1 aliphatic rings. The predicted octanol–water partition coefficient (Wildman–Crippen LogP) is 3.33. The number of carbonyl (C=O) groups excluding carboxylic acids is 1. The van der Waals surface area contributed by atoms with Gasteiger partial charge in [-0.25, -0.2) is 8.42 Å². The van der Waals surface area contributed by atoms with Gasteiger partial charge < -0.3 is 9.80 Å². The number of halogens is 1. The quantitative estimate of drug-likeness (QED) is 0.661. The maximum atomic E-state index is 12.7. The van der Waals surface area contributed by atoms with E-state index in [-0.39, 0.29) is 10.8 Å². The Bertz CT molecular complexity index is 770. The van der Waals surface area contributed by atoms with Gasteiger partial charge in [0, 0.05) is 13.1 Å². The Kier molecular flexibility index (Phi) is 7.30. The molecule has 1 aromatic carbocycles. The number of nitrogens with zero attached hydrogens (tertiary/aromatic N) is 2. The van der Waals surface area contributed by atoms with Crippen LogP contribution >= 0.6 is 11.6 Å². The van der Waals surface area contributed by atoms with Crippen molar-refractivity contribution in [1.29, 1.82) is 0 Å². The molecule has 0 unspecified atom stereocenters. The molecule has 0 aromatic heterocycles. The molecular formula is C19H31ClN3O3S+. The van der Waals surface area contributed by atoms with E-state index in [1.807, 2.05) is 0 Å². The van der Waals surface area contributed by atoms with Crippen molar-refractivity contribution in [2.75, 3.05) is 39.0 Å². The summed E-state index contributed by atoms with van der Waals surface area (Å²) in [5, 5.41) is 3.13. The zero-order valence-corrected chi connectivity index (χ0v) is 18.2. The first-order valence-corrected chi connectivity index (χ1v) is 11.4. The maximum absolute atomic E-state index is 12.7. The summed E-state index contributed by atoms with van der Waals surface area (Å²) in [6.07, 6.45) is 4.70. The van der Waals surface area contributed by atoms with E-state index in [2.05, 4.69) is 19.4 Å². The van der Waals surface area contributed by atoms with Crippen LogP contribution in [0.5, 0.6) is 0 Å². The molecule has 0 heterocycles. The molecular weight excluding hydrogens is 386 g/mol. The minimum atomic E-state index is -3.60. The fourth-order valence-electron chi connectivity index (χ4n) is 3.77.